The Labute approximate surface area is 91.6 Å². The molecule has 1 unspecified atom stereocenters. The van der Waals surface area contributed by atoms with Gasteiger partial charge in [0, 0.05) is 11.6 Å². The van der Waals surface area contributed by atoms with E-state index in [2.05, 4.69) is 18.4 Å². The third-order valence-electron chi connectivity index (χ3n) is 2.56. The smallest absolute Gasteiger partial charge is 0.123 e. The molecule has 0 aliphatic heterocycles. The number of hydrogen-bond acceptors (Lipinski definition) is 3. The molecule has 0 heterocycles. The first kappa shape index (κ1) is 12.0. The molecule has 0 fully saturated rings. The van der Waals surface area contributed by atoms with Crippen LogP contribution in [-0.2, 0) is 0 Å². The number of hydrazine groups is 1. The Hall–Kier alpha value is -1.06. The summed E-state index contributed by atoms with van der Waals surface area (Å²) in [6, 6.07) is 8.18. The van der Waals surface area contributed by atoms with Gasteiger partial charge >= 0.3 is 0 Å². The fraction of sp³-hybridized carbons (Fsp3) is 0.500. The van der Waals surface area contributed by atoms with Crippen molar-refractivity contribution in [2.75, 3.05) is 7.11 Å². The standard InChI is InChI=1S/C12H20N2O/c1-3-4-8-11(14-13)10-7-5-6-9-12(10)15-2/h5-7,9,11,14H,3-4,8,13H2,1-2H3. The largest absolute Gasteiger partial charge is 0.496 e. The summed E-state index contributed by atoms with van der Waals surface area (Å²) in [5, 5.41) is 0. The van der Waals surface area contributed by atoms with Crippen LogP contribution in [0.3, 0.4) is 0 Å². The Bertz CT molecular complexity index is 289. The van der Waals surface area contributed by atoms with Crippen molar-refractivity contribution in [1.82, 2.24) is 5.43 Å². The van der Waals surface area contributed by atoms with Crippen LogP contribution in [0.1, 0.15) is 37.8 Å². The molecule has 3 nitrogen and oxygen atoms in total. The number of ether oxygens (including phenoxy) is 1. The van der Waals surface area contributed by atoms with Gasteiger partial charge in [-0.1, -0.05) is 38.0 Å². The monoisotopic (exact) mass is 208 g/mol. The number of methoxy groups -OCH3 is 1. The van der Waals surface area contributed by atoms with Crippen molar-refractivity contribution in [3.63, 3.8) is 0 Å². The normalized spacial score (nSPS) is 12.5. The van der Waals surface area contributed by atoms with Gasteiger partial charge in [0.2, 0.25) is 0 Å². The predicted octanol–water partition coefficient (Wildman–Crippen LogP) is 2.39. The Kier molecular flexibility index (Phi) is 5.15. The van der Waals surface area contributed by atoms with E-state index < -0.39 is 0 Å². The van der Waals surface area contributed by atoms with Crippen molar-refractivity contribution in [2.45, 2.75) is 32.2 Å². The molecule has 0 amide bonds. The van der Waals surface area contributed by atoms with Crippen LogP contribution < -0.4 is 16.0 Å². The second-order valence-electron chi connectivity index (χ2n) is 3.60. The van der Waals surface area contributed by atoms with E-state index in [4.69, 9.17) is 10.6 Å². The zero-order valence-electron chi connectivity index (χ0n) is 9.49. The van der Waals surface area contributed by atoms with Crippen LogP contribution >= 0.6 is 0 Å². The third-order valence-corrected chi connectivity index (χ3v) is 2.56. The minimum atomic E-state index is 0.182. The highest BCUT2D eigenvalue weighted by Crippen LogP contribution is 2.27. The van der Waals surface area contributed by atoms with E-state index in [0.29, 0.717) is 0 Å². The van der Waals surface area contributed by atoms with Crippen molar-refractivity contribution < 1.29 is 4.74 Å². The minimum Gasteiger partial charge on any atom is -0.496 e. The molecule has 84 valence electrons. The molecule has 1 atom stereocenters. The van der Waals surface area contributed by atoms with Crippen molar-refractivity contribution >= 4 is 0 Å². The molecule has 15 heavy (non-hydrogen) atoms. The summed E-state index contributed by atoms with van der Waals surface area (Å²) in [4.78, 5) is 0. The van der Waals surface area contributed by atoms with E-state index in [1.165, 1.54) is 6.42 Å². The number of nitrogens with two attached hydrogens (primary N) is 1. The summed E-state index contributed by atoms with van der Waals surface area (Å²) in [6.07, 6.45) is 3.37. The topological polar surface area (TPSA) is 47.3 Å². The number of hydrogen-bond donors (Lipinski definition) is 2. The Morgan fingerprint density at radius 3 is 2.73 bits per heavy atom. The second-order valence-corrected chi connectivity index (χ2v) is 3.60. The summed E-state index contributed by atoms with van der Waals surface area (Å²) in [6.45, 7) is 2.18. The SMILES string of the molecule is CCCCC(NN)c1ccccc1OC. The molecule has 0 radical (unpaired) electrons. The molecule has 0 bridgehead atoms. The Morgan fingerprint density at radius 2 is 2.13 bits per heavy atom. The Morgan fingerprint density at radius 1 is 1.40 bits per heavy atom. The maximum Gasteiger partial charge on any atom is 0.123 e. The molecular weight excluding hydrogens is 188 g/mol. The molecule has 0 saturated heterocycles. The number of unbranched alkanes of at least 4 members (excludes halogenated alkanes) is 1. The van der Waals surface area contributed by atoms with Crippen molar-refractivity contribution in [3.05, 3.63) is 29.8 Å². The van der Waals surface area contributed by atoms with Crippen LogP contribution in [0, 0.1) is 0 Å². The van der Waals surface area contributed by atoms with E-state index in [1.54, 1.807) is 7.11 Å². The molecule has 1 aromatic rings. The van der Waals surface area contributed by atoms with Gasteiger partial charge in [-0.25, -0.2) is 0 Å². The molecule has 0 aromatic heterocycles. The van der Waals surface area contributed by atoms with E-state index in [9.17, 15) is 0 Å². The van der Waals surface area contributed by atoms with Crippen molar-refractivity contribution in [2.24, 2.45) is 5.84 Å². The number of nitrogens with one attached hydrogen (secondary N) is 1. The van der Waals surface area contributed by atoms with Crippen molar-refractivity contribution in [3.8, 4) is 5.75 Å². The highest BCUT2D eigenvalue weighted by Gasteiger charge is 2.13. The minimum absolute atomic E-state index is 0.182. The molecule has 0 aliphatic carbocycles. The zero-order valence-corrected chi connectivity index (χ0v) is 9.49. The first-order valence-corrected chi connectivity index (χ1v) is 5.42. The summed E-state index contributed by atoms with van der Waals surface area (Å²) in [5.41, 5.74) is 3.98. The maximum absolute atomic E-state index is 5.56. The van der Waals surface area contributed by atoms with Gasteiger partial charge in [0.15, 0.2) is 0 Å². The second kappa shape index (κ2) is 6.43. The lowest BCUT2D eigenvalue weighted by Gasteiger charge is -2.18. The van der Waals surface area contributed by atoms with E-state index in [0.717, 1.165) is 24.2 Å². The van der Waals surface area contributed by atoms with Gasteiger partial charge in [0.05, 0.1) is 7.11 Å². The first-order valence-electron chi connectivity index (χ1n) is 5.42. The molecule has 3 N–H and O–H groups in total. The molecular formula is C12H20N2O. The highest BCUT2D eigenvalue weighted by atomic mass is 16.5. The zero-order chi connectivity index (χ0) is 11.1. The third kappa shape index (κ3) is 3.22. The summed E-state index contributed by atoms with van der Waals surface area (Å²) in [5.74, 6) is 6.46. The maximum atomic E-state index is 5.56. The lowest BCUT2D eigenvalue weighted by molar-refractivity contribution is 0.394. The molecule has 0 aliphatic rings. The predicted molar refractivity (Wildman–Crippen MR) is 62.6 cm³/mol. The number of rotatable bonds is 6. The van der Waals surface area contributed by atoms with Crippen LogP contribution in [0.15, 0.2) is 24.3 Å². The number of para-hydroxylation sites is 1. The van der Waals surface area contributed by atoms with Crippen LogP contribution in [-0.4, -0.2) is 7.11 Å². The van der Waals surface area contributed by atoms with Gasteiger partial charge in [-0.2, -0.15) is 0 Å². The summed E-state index contributed by atoms with van der Waals surface area (Å²) >= 11 is 0. The fourth-order valence-corrected chi connectivity index (χ4v) is 1.69. The van der Waals surface area contributed by atoms with E-state index in [1.807, 2.05) is 18.2 Å². The fourth-order valence-electron chi connectivity index (χ4n) is 1.69. The average molecular weight is 208 g/mol. The summed E-state index contributed by atoms with van der Waals surface area (Å²) in [7, 11) is 1.69. The lowest BCUT2D eigenvalue weighted by atomic mass is 10.0. The van der Waals surface area contributed by atoms with Crippen molar-refractivity contribution in [1.29, 1.82) is 0 Å². The van der Waals surface area contributed by atoms with Gasteiger partial charge in [-0.3, -0.25) is 11.3 Å². The quantitative estimate of drug-likeness (QED) is 0.557. The summed E-state index contributed by atoms with van der Waals surface area (Å²) < 4.78 is 5.31. The van der Waals surface area contributed by atoms with Gasteiger partial charge in [0.25, 0.3) is 0 Å². The average Bonchev–Trinajstić information content (AvgIpc) is 2.30. The van der Waals surface area contributed by atoms with Gasteiger partial charge in [-0.05, 0) is 12.5 Å². The van der Waals surface area contributed by atoms with E-state index in [-0.39, 0.29) is 6.04 Å². The molecule has 1 rings (SSSR count). The van der Waals surface area contributed by atoms with Gasteiger partial charge < -0.3 is 4.74 Å². The lowest BCUT2D eigenvalue weighted by Crippen LogP contribution is -2.28. The van der Waals surface area contributed by atoms with Crippen LogP contribution in [0.2, 0.25) is 0 Å². The molecule has 1 aromatic carbocycles. The molecule has 0 saturated carbocycles. The van der Waals surface area contributed by atoms with Crippen LogP contribution in [0.4, 0.5) is 0 Å². The first-order chi connectivity index (χ1) is 7.33. The van der Waals surface area contributed by atoms with Gasteiger partial charge in [-0.15, -0.1) is 0 Å². The Balaban J connectivity index is 2.80. The highest BCUT2D eigenvalue weighted by molar-refractivity contribution is 5.35. The van der Waals surface area contributed by atoms with Crippen LogP contribution in [0.25, 0.3) is 0 Å². The molecule has 3 heteroatoms. The van der Waals surface area contributed by atoms with Gasteiger partial charge in [0.1, 0.15) is 5.75 Å². The molecule has 0 spiro atoms. The van der Waals surface area contributed by atoms with E-state index >= 15 is 0 Å². The number of benzene rings is 1. The van der Waals surface area contributed by atoms with Crippen LogP contribution in [0.5, 0.6) is 5.75 Å².